The smallest absolute Gasteiger partial charge is 0.271 e. The highest BCUT2D eigenvalue weighted by molar-refractivity contribution is 6.33. The molecule has 1 atom stereocenters. The normalized spacial score (nSPS) is 17.7. The van der Waals surface area contributed by atoms with Crippen LogP contribution in [0.15, 0.2) is 12.1 Å². The van der Waals surface area contributed by atoms with E-state index in [-0.39, 0.29) is 17.6 Å². The third kappa shape index (κ3) is 2.93. The fourth-order valence-corrected chi connectivity index (χ4v) is 2.66. The van der Waals surface area contributed by atoms with Gasteiger partial charge in [-0.2, -0.15) is 0 Å². The van der Waals surface area contributed by atoms with E-state index in [1.54, 1.807) is 12.1 Å². The maximum absolute atomic E-state index is 12.1. The van der Waals surface area contributed by atoms with E-state index in [2.05, 4.69) is 10.3 Å². The van der Waals surface area contributed by atoms with Gasteiger partial charge in [-0.15, -0.1) is 0 Å². The molecule has 1 fully saturated rings. The molecule has 4 nitrogen and oxygen atoms in total. The standard InChI is InChI=1S/C13H18ClN3O/c1-8(9-4-2-3-5-9)16-13(18)12-10(14)6-7-11(15)17-12/h6-9H,2-5H2,1H3,(H2,15,17)(H,16,18). The maximum atomic E-state index is 12.1. The van der Waals surface area contributed by atoms with E-state index >= 15 is 0 Å². The van der Waals surface area contributed by atoms with Crippen molar-refractivity contribution in [2.24, 2.45) is 5.92 Å². The number of nitrogens with two attached hydrogens (primary N) is 1. The predicted molar refractivity (Wildman–Crippen MR) is 72.5 cm³/mol. The van der Waals surface area contributed by atoms with Crippen molar-refractivity contribution in [2.45, 2.75) is 38.6 Å². The molecule has 1 heterocycles. The van der Waals surface area contributed by atoms with E-state index in [9.17, 15) is 4.79 Å². The van der Waals surface area contributed by atoms with Crippen LogP contribution in [0.4, 0.5) is 5.82 Å². The molecule has 2 rings (SSSR count). The Bertz CT molecular complexity index is 444. The Morgan fingerprint density at radius 1 is 1.50 bits per heavy atom. The number of rotatable bonds is 3. The summed E-state index contributed by atoms with van der Waals surface area (Å²) in [7, 11) is 0. The maximum Gasteiger partial charge on any atom is 0.271 e. The number of carbonyl (C=O) groups excluding carboxylic acids is 1. The lowest BCUT2D eigenvalue weighted by Gasteiger charge is -2.20. The number of hydrogen-bond donors (Lipinski definition) is 2. The number of hydrogen-bond acceptors (Lipinski definition) is 3. The predicted octanol–water partition coefficient (Wildman–Crippen LogP) is 2.63. The first-order valence-electron chi connectivity index (χ1n) is 6.31. The number of nitrogen functional groups attached to an aromatic ring is 1. The molecule has 5 heteroatoms. The van der Waals surface area contributed by atoms with Crippen LogP contribution >= 0.6 is 11.6 Å². The quantitative estimate of drug-likeness (QED) is 0.885. The van der Waals surface area contributed by atoms with Crippen LogP contribution in [0.1, 0.15) is 43.1 Å². The molecule has 18 heavy (non-hydrogen) atoms. The van der Waals surface area contributed by atoms with Crippen LogP contribution in [0.3, 0.4) is 0 Å². The number of pyridine rings is 1. The first-order chi connectivity index (χ1) is 8.58. The van der Waals surface area contributed by atoms with Crippen molar-refractivity contribution in [1.82, 2.24) is 10.3 Å². The monoisotopic (exact) mass is 267 g/mol. The average Bonchev–Trinajstić information content (AvgIpc) is 2.85. The van der Waals surface area contributed by atoms with E-state index in [1.165, 1.54) is 25.7 Å². The van der Waals surface area contributed by atoms with Gasteiger partial charge in [-0.25, -0.2) is 4.98 Å². The van der Waals surface area contributed by atoms with Gasteiger partial charge in [-0.3, -0.25) is 4.79 Å². The summed E-state index contributed by atoms with van der Waals surface area (Å²) in [6.07, 6.45) is 4.86. The number of nitrogens with one attached hydrogen (secondary N) is 1. The van der Waals surface area contributed by atoms with Gasteiger partial charge < -0.3 is 11.1 Å². The summed E-state index contributed by atoms with van der Waals surface area (Å²) < 4.78 is 0. The van der Waals surface area contributed by atoms with Crippen LogP contribution in [0.25, 0.3) is 0 Å². The van der Waals surface area contributed by atoms with Crippen LogP contribution in [-0.4, -0.2) is 16.9 Å². The molecule has 1 aliphatic rings. The van der Waals surface area contributed by atoms with Crippen molar-refractivity contribution in [3.8, 4) is 0 Å². The molecular formula is C13H18ClN3O. The molecule has 0 aromatic carbocycles. The van der Waals surface area contributed by atoms with Crippen LogP contribution in [0, 0.1) is 5.92 Å². The number of amides is 1. The van der Waals surface area contributed by atoms with Gasteiger partial charge in [0.25, 0.3) is 5.91 Å². The van der Waals surface area contributed by atoms with Crippen molar-refractivity contribution < 1.29 is 4.79 Å². The lowest BCUT2D eigenvalue weighted by molar-refractivity contribution is 0.0922. The van der Waals surface area contributed by atoms with E-state index in [0.717, 1.165) is 0 Å². The molecular weight excluding hydrogens is 250 g/mol. The van der Waals surface area contributed by atoms with Crippen molar-refractivity contribution in [3.63, 3.8) is 0 Å². The third-order valence-electron chi connectivity index (χ3n) is 3.55. The Kier molecular flexibility index (Phi) is 4.07. The fourth-order valence-electron chi connectivity index (χ4n) is 2.47. The highest BCUT2D eigenvalue weighted by atomic mass is 35.5. The molecule has 98 valence electrons. The zero-order chi connectivity index (χ0) is 13.1. The molecule has 0 saturated heterocycles. The number of aromatic nitrogens is 1. The van der Waals surface area contributed by atoms with Gasteiger partial charge in [0.2, 0.25) is 0 Å². The first-order valence-corrected chi connectivity index (χ1v) is 6.68. The lowest BCUT2D eigenvalue weighted by Crippen LogP contribution is -2.37. The molecule has 0 bridgehead atoms. The van der Waals surface area contributed by atoms with Crippen molar-refractivity contribution in [1.29, 1.82) is 0 Å². The molecule has 0 radical (unpaired) electrons. The van der Waals surface area contributed by atoms with Gasteiger partial charge in [-0.05, 0) is 37.8 Å². The number of carbonyl (C=O) groups is 1. The second-order valence-electron chi connectivity index (χ2n) is 4.87. The molecule has 0 aliphatic heterocycles. The van der Waals surface area contributed by atoms with E-state index in [0.29, 0.717) is 16.8 Å². The third-order valence-corrected chi connectivity index (χ3v) is 3.85. The van der Waals surface area contributed by atoms with Crippen LogP contribution in [-0.2, 0) is 0 Å². The van der Waals surface area contributed by atoms with Crippen LogP contribution in [0.2, 0.25) is 5.02 Å². The van der Waals surface area contributed by atoms with Gasteiger partial charge >= 0.3 is 0 Å². The molecule has 1 aliphatic carbocycles. The van der Waals surface area contributed by atoms with Crippen LogP contribution in [0.5, 0.6) is 0 Å². The molecule has 1 unspecified atom stereocenters. The SMILES string of the molecule is CC(NC(=O)c1nc(N)ccc1Cl)C1CCCC1. The highest BCUT2D eigenvalue weighted by Crippen LogP contribution is 2.27. The largest absolute Gasteiger partial charge is 0.384 e. The first kappa shape index (κ1) is 13.1. The average molecular weight is 268 g/mol. The summed E-state index contributed by atoms with van der Waals surface area (Å²) in [5.74, 6) is 0.624. The van der Waals surface area contributed by atoms with E-state index in [1.807, 2.05) is 6.92 Å². The summed E-state index contributed by atoms with van der Waals surface area (Å²) in [4.78, 5) is 16.1. The second kappa shape index (κ2) is 5.57. The van der Waals surface area contributed by atoms with Gasteiger partial charge in [-0.1, -0.05) is 24.4 Å². The zero-order valence-electron chi connectivity index (χ0n) is 10.4. The minimum absolute atomic E-state index is 0.152. The number of halogens is 1. The van der Waals surface area contributed by atoms with Crippen molar-refractivity contribution >= 4 is 23.3 Å². The summed E-state index contributed by atoms with van der Waals surface area (Å²) in [5, 5.41) is 3.30. The Labute approximate surface area is 112 Å². The molecule has 0 spiro atoms. The Hall–Kier alpha value is -1.29. The summed E-state index contributed by atoms with van der Waals surface area (Å²) in [5.41, 5.74) is 5.78. The summed E-state index contributed by atoms with van der Waals surface area (Å²) in [6.45, 7) is 2.04. The summed E-state index contributed by atoms with van der Waals surface area (Å²) in [6, 6.07) is 3.33. The van der Waals surface area contributed by atoms with E-state index < -0.39 is 0 Å². The van der Waals surface area contributed by atoms with Gasteiger partial charge in [0.05, 0.1) is 5.02 Å². The summed E-state index contributed by atoms with van der Waals surface area (Å²) >= 11 is 5.96. The Morgan fingerprint density at radius 3 is 2.83 bits per heavy atom. The highest BCUT2D eigenvalue weighted by Gasteiger charge is 2.24. The van der Waals surface area contributed by atoms with Gasteiger partial charge in [0, 0.05) is 6.04 Å². The molecule has 1 saturated carbocycles. The van der Waals surface area contributed by atoms with Crippen LogP contribution < -0.4 is 11.1 Å². The Morgan fingerprint density at radius 2 is 2.17 bits per heavy atom. The minimum Gasteiger partial charge on any atom is -0.384 e. The second-order valence-corrected chi connectivity index (χ2v) is 5.28. The Balaban J connectivity index is 2.04. The molecule has 1 aromatic heterocycles. The van der Waals surface area contributed by atoms with Gasteiger partial charge in [0.15, 0.2) is 0 Å². The number of nitrogens with zero attached hydrogens (tertiary/aromatic N) is 1. The van der Waals surface area contributed by atoms with Crippen molar-refractivity contribution in [2.75, 3.05) is 5.73 Å². The molecule has 3 N–H and O–H groups in total. The fraction of sp³-hybridized carbons (Fsp3) is 0.538. The van der Waals surface area contributed by atoms with Gasteiger partial charge in [0.1, 0.15) is 11.5 Å². The topological polar surface area (TPSA) is 68.0 Å². The number of anilines is 1. The van der Waals surface area contributed by atoms with E-state index in [4.69, 9.17) is 17.3 Å². The van der Waals surface area contributed by atoms with Crippen molar-refractivity contribution in [3.05, 3.63) is 22.8 Å². The lowest BCUT2D eigenvalue weighted by atomic mass is 10.00. The molecule has 1 aromatic rings. The minimum atomic E-state index is -0.244. The zero-order valence-corrected chi connectivity index (χ0v) is 11.2. The molecule has 1 amide bonds.